The molecule has 8 nitrogen and oxygen atoms in total. The van der Waals surface area contributed by atoms with Crippen LogP contribution in [0, 0.1) is 13.8 Å². The lowest BCUT2D eigenvalue weighted by atomic mass is 9.97. The van der Waals surface area contributed by atoms with Crippen LogP contribution in [0.2, 0.25) is 0 Å². The third-order valence-electron chi connectivity index (χ3n) is 3.49. The maximum absolute atomic E-state index is 13.8. The molecule has 0 bridgehead atoms. The van der Waals surface area contributed by atoms with Crippen molar-refractivity contribution >= 4 is 23.5 Å². The Morgan fingerprint density at radius 1 is 0.733 bits per heavy atom. The number of hydrogen-bond donors (Lipinski definition) is 2. The van der Waals surface area contributed by atoms with Crippen LogP contribution in [0.15, 0.2) is 21.2 Å². The van der Waals surface area contributed by atoms with E-state index in [-0.39, 0.29) is 11.5 Å². The number of carbonyl (C=O) groups excluding carboxylic acids is 2. The lowest BCUT2D eigenvalue weighted by Crippen LogP contribution is -2.67. The van der Waals surface area contributed by atoms with Crippen LogP contribution in [-0.4, -0.2) is 45.8 Å². The summed E-state index contributed by atoms with van der Waals surface area (Å²) >= 11 is 0. The van der Waals surface area contributed by atoms with Crippen LogP contribution in [-0.2, 0) is 9.59 Å². The van der Waals surface area contributed by atoms with Gasteiger partial charge in [-0.15, -0.1) is 0 Å². The third-order valence-corrected chi connectivity index (χ3v) is 3.49. The van der Waals surface area contributed by atoms with Gasteiger partial charge in [0.25, 0.3) is 0 Å². The minimum atomic E-state index is -7.02. The highest BCUT2D eigenvalue weighted by molar-refractivity contribution is 5.98. The normalized spacial score (nSPS) is 13.3. The molecule has 0 unspecified atom stereocenters. The highest BCUT2D eigenvalue weighted by atomic mass is 19.4. The molecule has 2 aromatic heterocycles. The second kappa shape index (κ2) is 7.24. The molecular weight excluding hydrogens is 440 g/mol. The van der Waals surface area contributed by atoms with Crippen molar-refractivity contribution in [1.29, 1.82) is 0 Å². The summed E-state index contributed by atoms with van der Waals surface area (Å²) in [7, 11) is 0. The van der Waals surface area contributed by atoms with Crippen molar-refractivity contribution in [2.45, 2.75) is 37.5 Å². The van der Waals surface area contributed by atoms with E-state index in [9.17, 15) is 44.7 Å². The topological polar surface area (TPSA) is 110 Å². The average Bonchev–Trinajstić information content (AvgIpc) is 3.22. The van der Waals surface area contributed by atoms with Crippen molar-refractivity contribution in [2.75, 3.05) is 10.6 Å². The molecule has 0 spiro atoms. The number of nitrogens with one attached hydrogen (secondary N) is 2. The molecule has 2 N–H and O–H groups in total. The predicted octanol–water partition coefficient (Wildman–Crippen LogP) is 3.40. The predicted molar refractivity (Wildman–Crippen MR) is 79.5 cm³/mol. The quantitative estimate of drug-likeness (QED) is 0.626. The number of hydrogen-bond acceptors (Lipinski definition) is 6. The smallest absolute Gasteiger partial charge is 0.360 e. The number of nitrogens with zero attached hydrogens (tertiary/aromatic N) is 2. The van der Waals surface area contributed by atoms with E-state index in [0.717, 1.165) is 22.8 Å². The fraction of sp³-hybridized carbons (Fsp3) is 0.429. The molecular formula is C14H10F8N4O4. The Bertz CT molecular complexity index is 879. The van der Waals surface area contributed by atoms with Gasteiger partial charge in [-0.3, -0.25) is 9.59 Å². The molecule has 2 heterocycles. The summed E-state index contributed by atoms with van der Waals surface area (Å²) in [6.07, 6.45) is 0. The summed E-state index contributed by atoms with van der Waals surface area (Å²) in [6.45, 7) is 2.41. The molecule has 0 fully saturated rings. The summed E-state index contributed by atoms with van der Waals surface area (Å²) in [6, 6.07) is 1.51. The average molecular weight is 450 g/mol. The number of rotatable bonds is 7. The van der Waals surface area contributed by atoms with E-state index in [1.165, 1.54) is 13.8 Å². The van der Waals surface area contributed by atoms with Gasteiger partial charge in [0.05, 0.1) is 0 Å². The summed E-state index contributed by atoms with van der Waals surface area (Å²) < 4.78 is 119. The zero-order chi connectivity index (χ0) is 23.1. The van der Waals surface area contributed by atoms with Crippen LogP contribution in [0.4, 0.5) is 46.8 Å². The van der Waals surface area contributed by atoms with Gasteiger partial charge in [0.1, 0.15) is 11.5 Å². The molecule has 2 rings (SSSR count). The van der Waals surface area contributed by atoms with E-state index >= 15 is 0 Å². The van der Waals surface area contributed by atoms with Crippen LogP contribution in [0.25, 0.3) is 0 Å². The van der Waals surface area contributed by atoms with E-state index in [1.807, 2.05) is 0 Å². The van der Waals surface area contributed by atoms with E-state index in [4.69, 9.17) is 0 Å². The number of alkyl halides is 8. The van der Waals surface area contributed by atoms with Gasteiger partial charge < -0.3 is 19.7 Å². The number of anilines is 2. The minimum absolute atomic E-state index is 0.0861. The molecule has 16 heteroatoms. The van der Waals surface area contributed by atoms with Crippen LogP contribution < -0.4 is 10.6 Å². The summed E-state index contributed by atoms with van der Waals surface area (Å²) in [5.41, 5.74) is 0. The second-order valence-electron chi connectivity index (χ2n) is 5.85. The Labute approximate surface area is 160 Å². The number of aromatic nitrogens is 2. The number of amides is 2. The van der Waals surface area contributed by atoms with Crippen LogP contribution in [0.5, 0.6) is 0 Å². The summed E-state index contributed by atoms with van der Waals surface area (Å²) in [5.74, 6) is -35.0. The second-order valence-corrected chi connectivity index (χ2v) is 5.85. The maximum Gasteiger partial charge on any atom is 0.393 e. The molecule has 0 radical (unpaired) electrons. The van der Waals surface area contributed by atoms with Crippen molar-refractivity contribution in [1.82, 2.24) is 10.3 Å². The molecule has 166 valence electrons. The fourth-order valence-corrected chi connectivity index (χ4v) is 1.92. The third kappa shape index (κ3) is 3.68. The number of halogens is 8. The molecule has 0 saturated heterocycles. The summed E-state index contributed by atoms with van der Waals surface area (Å²) in [4.78, 5) is 22.8. The lowest BCUT2D eigenvalue weighted by Gasteiger charge is -2.35. The Morgan fingerprint density at radius 2 is 1.03 bits per heavy atom. The van der Waals surface area contributed by atoms with Gasteiger partial charge in [0.2, 0.25) is 0 Å². The fourth-order valence-electron chi connectivity index (χ4n) is 1.92. The maximum atomic E-state index is 13.8. The van der Waals surface area contributed by atoms with E-state index in [0.29, 0.717) is 0 Å². The van der Waals surface area contributed by atoms with E-state index < -0.39 is 47.1 Å². The van der Waals surface area contributed by atoms with Crippen molar-refractivity contribution in [2.24, 2.45) is 0 Å². The number of aryl methyl sites for hydroxylation is 2. The van der Waals surface area contributed by atoms with Crippen molar-refractivity contribution in [3.05, 3.63) is 23.7 Å². The molecule has 0 atom stereocenters. The standard InChI is InChI=1S/C14H10F8N4O4/c1-5-3-7(25-29-5)23-9(27)11(15,16)13(19,20)14(21,22)12(17,18)10(28)24-8-4-6(2)30-26-8/h3-4H,1-2H3,(H,23,25,27)(H,24,26,28). The first kappa shape index (κ1) is 23.1. The van der Waals surface area contributed by atoms with E-state index in [1.54, 1.807) is 0 Å². The molecule has 2 amide bonds. The summed E-state index contributed by atoms with van der Waals surface area (Å²) in [5, 5.41) is 7.94. The molecule has 0 aliphatic carbocycles. The molecule has 2 aromatic rings. The Kier molecular flexibility index (Phi) is 5.57. The van der Waals surface area contributed by atoms with Gasteiger partial charge in [-0.05, 0) is 13.8 Å². The van der Waals surface area contributed by atoms with E-state index in [2.05, 4.69) is 19.4 Å². The Morgan fingerprint density at radius 3 is 1.27 bits per heavy atom. The first-order valence-electron chi connectivity index (χ1n) is 7.55. The molecule has 0 aliphatic rings. The first-order chi connectivity index (χ1) is 13.5. The van der Waals surface area contributed by atoms with Gasteiger partial charge >= 0.3 is 35.5 Å². The highest BCUT2D eigenvalue weighted by Gasteiger charge is 2.84. The lowest BCUT2D eigenvalue weighted by molar-refractivity contribution is -0.345. The Balaban J connectivity index is 2.31. The minimum Gasteiger partial charge on any atom is -0.360 e. The van der Waals surface area contributed by atoms with Crippen LogP contribution in [0.3, 0.4) is 0 Å². The van der Waals surface area contributed by atoms with Gasteiger partial charge in [-0.1, -0.05) is 10.3 Å². The van der Waals surface area contributed by atoms with Gasteiger partial charge in [-0.2, -0.15) is 35.1 Å². The zero-order valence-electron chi connectivity index (χ0n) is 14.7. The highest BCUT2D eigenvalue weighted by Crippen LogP contribution is 2.53. The first-order valence-corrected chi connectivity index (χ1v) is 7.55. The molecule has 0 aliphatic heterocycles. The van der Waals surface area contributed by atoms with Crippen molar-refractivity contribution in [3.63, 3.8) is 0 Å². The molecule has 30 heavy (non-hydrogen) atoms. The largest absolute Gasteiger partial charge is 0.393 e. The van der Waals surface area contributed by atoms with Crippen molar-refractivity contribution in [3.8, 4) is 0 Å². The molecule has 0 saturated carbocycles. The SMILES string of the molecule is Cc1cc(NC(=O)C(F)(F)C(F)(F)C(F)(F)C(F)(F)C(=O)Nc2cc(C)on2)no1. The Hall–Kier alpha value is -3.20. The van der Waals surface area contributed by atoms with Crippen LogP contribution in [0.1, 0.15) is 11.5 Å². The monoisotopic (exact) mass is 450 g/mol. The van der Waals surface area contributed by atoms with Crippen LogP contribution >= 0.6 is 0 Å². The van der Waals surface area contributed by atoms with Crippen molar-refractivity contribution < 1.29 is 53.8 Å². The van der Waals surface area contributed by atoms with Gasteiger partial charge in [0.15, 0.2) is 11.6 Å². The van der Waals surface area contributed by atoms with Gasteiger partial charge in [-0.25, -0.2) is 0 Å². The number of carbonyl (C=O) groups is 2. The zero-order valence-corrected chi connectivity index (χ0v) is 14.7. The van der Waals surface area contributed by atoms with Gasteiger partial charge in [0, 0.05) is 12.1 Å². The molecule has 0 aromatic carbocycles.